The first kappa shape index (κ1) is 20.8. The Bertz CT molecular complexity index is 1000. The summed E-state index contributed by atoms with van der Waals surface area (Å²) < 4.78 is 5.79. The van der Waals surface area contributed by atoms with Gasteiger partial charge in [0.1, 0.15) is 0 Å². The number of amides is 1. The van der Waals surface area contributed by atoms with Crippen molar-refractivity contribution < 1.29 is 9.21 Å². The van der Waals surface area contributed by atoms with Gasteiger partial charge in [0.2, 0.25) is 5.91 Å². The summed E-state index contributed by atoms with van der Waals surface area (Å²) in [4.78, 5) is 25.5. The van der Waals surface area contributed by atoms with Crippen LogP contribution in [0.3, 0.4) is 0 Å². The Morgan fingerprint density at radius 2 is 1.90 bits per heavy atom. The Morgan fingerprint density at radius 3 is 2.63 bits per heavy atom. The molecule has 8 heteroatoms. The first-order valence-electron chi connectivity index (χ1n) is 9.88. The maximum atomic E-state index is 12.6. The highest BCUT2D eigenvalue weighted by Gasteiger charge is 2.22. The Morgan fingerprint density at radius 1 is 1.07 bits per heavy atom. The summed E-state index contributed by atoms with van der Waals surface area (Å²) in [5.74, 6) is 1.22. The van der Waals surface area contributed by atoms with Crippen LogP contribution in [0.25, 0.3) is 11.3 Å². The molecule has 3 aromatic rings. The van der Waals surface area contributed by atoms with Gasteiger partial charge >= 0.3 is 0 Å². The lowest BCUT2D eigenvalue weighted by molar-refractivity contribution is -0.133. The molecule has 0 spiro atoms. The minimum Gasteiger partial charge on any atom is -0.441 e. The van der Waals surface area contributed by atoms with Crippen molar-refractivity contribution in [2.75, 3.05) is 26.2 Å². The second kappa shape index (κ2) is 9.60. The highest BCUT2D eigenvalue weighted by atomic mass is 35.5. The molecule has 0 aliphatic carbocycles. The Hall–Kier alpha value is -2.41. The Labute approximate surface area is 185 Å². The van der Waals surface area contributed by atoms with E-state index in [1.54, 1.807) is 24.4 Å². The standard InChI is InChI=1S/C22H22Cl2N4O2/c23-16-4-5-18(19(24)13-16)20-14-26-21(30-20)6-7-22(29)28-11-9-27(10-12-28)15-17-3-1-2-8-25-17/h1-5,8,13-14H,6-7,9-12,15H2. The van der Waals surface area contributed by atoms with Crippen molar-refractivity contribution in [3.05, 3.63) is 70.4 Å². The first-order chi connectivity index (χ1) is 14.6. The molecule has 0 unspecified atom stereocenters. The van der Waals surface area contributed by atoms with Crippen molar-refractivity contribution in [3.8, 4) is 11.3 Å². The minimum atomic E-state index is 0.122. The van der Waals surface area contributed by atoms with E-state index < -0.39 is 0 Å². The van der Waals surface area contributed by atoms with Crippen LogP contribution in [-0.4, -0.2) is 51.9 Å². The van der Waals surface area contributed by atoms with E-state index in [9.17, 15) is 4.79 Å². The number of carbonyl (C=O) groups is 1. The predicted molar refractivity (Wildman–Crippen MR) is 116 cm³/mol. The summed E-state index contributed by atoms with van der Waals surface area (Å²) >= 11 is 12.2. The van der Waals surface area contributed by atoms with Crippen LogP contribution in [0.5, 0.6) is 0 Å². The molecule has 1 aromatic carbocycles. The van der Waals surface area contributed by atoms with Gasteiger partial charge in [0.15, 0.2) is 11.7 Å². The van der Waals surface area contributed by atoms with Gasteiger partial charge in [-0.05, 0) is 30.3 Å². The highest BCUT2D eigenvalue weighted by molar-refractivity contribution is 6.36. The number of benzene rings is 1. The lowest BCUT2D eigenvalue weighted by Gasteiger charge is -2.34. The molecule has 0 N–H and O–H groups in total. The number of hydrogen-bond acceptors (Lipinski definition) is 5. The summed E-state index contributed by atoms with van der Waals surface area (Å²) in [6.45, 7) is 3.96. The fourth-order valence-electron chi connectivity index (χ4n) is 3.49. The van der Waals surface area contributed by atoms with E-state index in [1.165, 1.54) is 0 Å². The minimum absolute atomic E-state index is 0.122. The van der Waals surface area contributed by atoms with Gasteiger partial charge in [0.25, 0.3) is 0 Å². The number of hydrogen-bond donors (Lipinski definition) is 0. The molecular formula is C22H22Cl2N4O2. The second-order valence-corrected chi connectivity index (χ2v) is 8.06. The number of piperazine rings is 1. The molecule has 1 aliphatic rings. The number of nitrogens with zero attached hydrogens (tertiary/aromatic N) is 4. The van der Waals surface area contributed by atoms with Crippen LogP contribution < -0.4 is 0 Å². The van der Waals surface area contributed by atoms with Crippen molar-refractivity contribution in [1.82, 2.24) is 19.8 Å². The molecule has 0 bridgehead atoms. The largest absolute Gasteiger partial charge is 0.441 e. The summed E-state index contributed by atoms with van der Waals surface area (Å²) in [6.07, 6.45) is 4.27. The molecule has 30 heavy (non-hydrogen) atoms. The van der Waals surface area contributed by atoms with Gasteiger partial charge < -0.3 is 9.32 Å². The molecule has 0 atom stereocenters. The fraction of sp³-hybridized carbons (Fsp3) is 0.318. The van der Waals surface area contributed by atoms with Gasteiger partial charge in [-0.15, -0.1) is 0 Å². The third kappa shape index (κ3) is 5.19. The maximum absolute atomic E-state index is 12.6. The van der Waals surface area contributed by atoms with Gasteiger partial charge in [-0.3, -0.25) is 14.7 Å². The molecule has 0 saturated carbocycles. The van der Waals surface area contributed by atoms with Crippen LogP contribution >= 0.6 is 23.2 Å². The number of rotatable bonds is 6. The van der Waals surface area contributed by atoms with E-state index in [0.29, 0.717) is 34.5 Å². The van der Waals surface area contributed by atoms with E-state index in [-0.39, 0.29) is 5.91 Å². The molecule has 1 amide bonds. The van der Waals surface area contributed by atoms with Gasteiger partial charge in [-0.25, -0.2) is 4.98 Å². The number of aryl methyl sites for hydroxylation is 1. The van der Waals surface area contributed by atoms with Crippen molar-refractivity contribution in [2.24, 2.45) is 0 Å². The summed E-state index contributed by atoms with van der Waals surface area (Å²) in [6, 6.07) is 11.2. The number of pyridine rings is 1. The summed E-state index contributed by atoms with van der Waals surface area (Å²) in [5.41, 5.74) is 1.79. The van der Waals surface area contributed by atoms with Crippen LogP contribution in [-0.2, 0) is 17.8 Å². The highest BCUT2D eigenvalue weighted by Crippen LogP contribution is 2.30. The maximum Gasteiger partial charge on any atom is 0.223 e. The van der Waals surface area contributed by atoms with E-state index in [4.69, 9.17) is 27.6 Å². The van der Waals surface area contributed by atoms with Crippen molar-refractivity contribution in [3.63, 3.8) is 0 Å². The van der Waals surface area contributed by atoms with Crippen LogP contribution in [0.2, 0.25) is 10.0 Å². The molecule has 1 aliphatic heterocycles. The zero-order chi connectivity index (χ0) is 20.9. The number of oxazole rings is 1. The Balaban J connectivity index is 1.26. The molecule has 2 aromatic heterocycles. The number of aromatic nitrogens is 2. The van der Waals surface area contributed by atoms with E-state index in [1.807, 2.05) is 29.3 Å². The zero-order valence-corrected chi connectivity index (χ0v) is 17.9. The molecule has 0 radical (unpaired) electrons. The molecule has 156 valence electrons. The third-order valence-corrected chi connectivity index (χ3v) is 5.69. The monoisotopic (exact) mass is 444 g/mol. The van der Waals surface area contributed by atoms with Gasteiger partial charge in [0.05, 0.1) is 16.9 Å². The third-order valence-electron chi connectivity index (χ3n) is 5.14. The normalized spacial score (nSPS) is 14.8. The average molecular weight is 445 g/mol. The van der Waals surface area contributed by atoms with Gasteiger partial charge in [0, 0.05) is 62.3 Å². The molecule has 3 heterocycles. The first-order valence-corrected chi connectivity index (χ1v) is 10.6. The smallest absolute Gasteiger partial charge is 0.223 e. The lowest BCUT2D eigenvalue weighted by Crippen LogP contribution is -2.48. The van der Waals surface area contributed by atoms with Gasteiger partial charge in [-0.2, -0.15) is 0 Å². The van der Waals surface area contributed by atoms with Crippen LogP contribution in [0, 0.1) is 0 Å². The number of halogens is 2. The zero-order valence-electron chi connectivity index (χ0n) is 16.4. The Kier molecular flexibility index (Phi) is 6.67. The van der Waals surface area contributed by atoms with E-state index >= 15 is 0 Å². The predicted octanol–water partition coefficient (Wildman–Crippen LogP) is 4.32. The molecule has 6 nitrogen and oxygen atoms in total. The van der Waals surface area contributed by atoms with E-state index in [0.717, 1.165) is 44.0 Å². The van der Waals surface area contributed by atoms with Crippen LogP contribution in [0.1, 0.15) is 18.0 Å². The number of carbonyl (C=O) groups excluding carboxylic acids is 1. The molecular weight excluding hydrogens is 423 g/mol. The lowest BCUT2D eigenvalue weighted by atomic mass is 10.2. The topological polar surface area (TPSA) is 62.5 Å². The van der Waals surface area contributed by atoms with Crippen molar-refractivity contribution in [1.29, 1.82) is 0 Å². The fourth-order valence-corrected chi connectivity index (χ4v) is 3.99. The SMILES string of the molecule is O=C(CCc1ncc(-c2ccc(Cl)cc2Cl)o1)N1CCN(Cc2ccccn2)CC1. The van der Waals surface area contributed by atoms with Gasteiger partial charge in [-0.1, -0.05) is 29.3 Å². The molecule has 1 fully saturated rings. The van der Waals surface area contributed by atoms with Crippen molar-refractivity contribution >= 4 is 29.1 Å². The van der Waals surface area contributed by atoms with Crippen LogP contribution in [0.4, 0.5) is 0 Å². The van der Waals surface area contributed by atoms with Crippen LogP contribution in [0.15, 0.2) is 53.2 Å². The molecule has 1 saturated heterocycles. The molecule has 4 rings (SSSR count). The second-order valence-electron chi connectivity index (χ2n) is 7.22. The van der Waals surface area contributed by atoms with E-state index in [2.05, 4.69) is 14.9 Å². The summed E-state index contributed by atoms with van der Waals surface area (Å²) in [7, 11) is 0. The average Bonchev–Trinajstić information content (AvgIpc) is 3.22. The van der Waals surface area contributed by atoms with Crippen molar-refractivity contribution in [2.45, 2.75) is 19.4 Å². The quantitative estimate of drug-likeness (QED) is 0.566. The summed E-state index contributed by atoms with van der Waals surface area (Å²) in [5, 5.41) is 1.07.